The number of hydrogen-bond acceptors (Lipinski definition) is 6. The number of thioether (sulfide) groups is 1. The summed E-state index contributed by atoms with van der Waals surface area (Å²) in [4.78, 5) is 1.17. The first-order chi connectivity index (χ1) is 10.8. The van der Waals surface area contributed by atoms with E-state index in [0.717, 1.165) is 21.4 Å². The molecule has 4 nitrogen and oxygen atoms in total. The first kappa shape index (κ1) is 15.4. The Kier molecular flexibility index (Phi) is 5.02. The van der Waals surface area contributed by atoms with E-state index in [-0.39, 0.29) is 0 Å². The number of thiophene rings is 1. The van der Waals surface area contributed by atoms with Crippen LogP contribution >= 0.6 is 34.7 Å². The molecular formula is C15H13ClN2O2S2. The van der Waals surface area contributed by atoms with Crippen LogP contribution < -0.4 is 4.74 Å². The molecule has 2 heterocycles. The molecule has 0 aliphatic carbocycles. The van der Waals surface area contributed by atoms with Crippen molar-refractivity contribution in [3.8, 4) is 17.2 Å². The largest absolute Gasteiger partial charge is 0.493 e. The van der Waals surface area contributed by atoms with Crippen molar-refractivity contribution in [3.63, 3.8) is 0 Å². The molecule has 0 saturated heterocycles. The highest BCUT2D eigenvalue weighted by Crippen LogP contribution is 2.32. The fourth-order valence-electron chi connectivity index (χ4n) is 1.86. The molecule has 0 aliphatic heterocycles. The summed E-state index contributed by atoms with van der Waals surface area (Å²) in [5.41, 5.74) is 0.808. The summed E-state index contributed by atoms with van der Waals surface area (Å²) >= 11 is 8.96. The number of aromatic nitrogens is 2. The number of hydrogen-bond donors (Lipinski definition) is 0. The predicted molar refractivity (Wildman–Crippen MR) is 89.8 cm³/mol. The number of para-hydroxylation sites is 1. The molecule has 0 unspecified atom stereocenters. The van der Waals surface area contributed by atoms with Gasteiger partial charge in [-0.25, -0.2) is 0 Å². The first-order valence-corrected chi connectivity index (χ1v) is 8.87. The smallest absolute Gasteiger partial charge is 0.277 e. The maximum Gasteiger partial charge on any atom is 0.277 e. The average molecular weight is 353 g/mol. The monoisotopic (exact) mass is 352 g/mol. The molecule has 0 atom stereocenters. The Balaban J connectivity index is 1.73. The van der Waals surface area contributed by atoms with Gasteiger partial charge in [0.15, 0.2) is 0 Å². The van der Waals surface area contributed by atoms with Crippen LogP contribution in [0.5, 0.6) is 5.75 Å². The Morgan fingerprint density at radius 1 is 1.23 bits per heavy atom. The van der Waals surface area contributed by atoms with Crippen molar-refractivity contribution >= 4 is 34.7 Å². The summed E-state index contributed by atoms with van der Waals surface area (Å²) in [7, 11) is 0. The van der Waals surface area contributed by atoms with Crippen molar-refractivity contribution < 1.29 is 9.15 Å². The molecule has 0 bridgehead atoms. The van der Waals surface area contributed by atoms with E-state index < -0.39 is 0 Å². The first-order valence-electron chi connectivity index (χ1n) is 6.69. The lowest BCUT2D eigenvalue weighted by molar-refractivity contribution is 0.340. The average Bonchev–Trinajstić information content (AvgIpc) is 3.15. The Hall–Kier alpha value is -1.50. The van der Waals surface area contributed by atoms with Gasteiger partial charge in [-0.3, -0.25) is 0 Å². The van der Waals surface area contributed by atoms with E-state index in [1.54, 1.807) is 11.3 Å². The van der Waals surface area contributed by atoms with Gasteiger partial charge in [0.2, 0.25) is 0 Å². The summed E-state index contributed by atoms with van der Waals surface area (Å²) in [5.74, 6) is 1.97. The predicted octanol–water partition coefficient (Wildman–Crippen LogP) is 5.14. The van der Waals surface area contributed by atoms with E-state index >= 15 is 0 Å². The molecule has 3 rings (SSSR count). The molecule has 0 radical (unpaired) electrons. The zero-order valence-electron chi connectivity index (χ0n) is 11.8. The zero-order valence-corrected chi connectivity index (χ0v) is 14.2. The molecule has 0 fully saturated rings. The molecule has 3 aromatic rings. The van der Waals surface area contributed by atoms with Gasteiger partial charge in [0.25, 0.3) is 11.1 Å². The highest BCUT2D eigenvalue weighted by molar-refractivity contribution is 7.98. The number of ether oxygens (including phenoxy) is 1. The molecule has 0 saturated carbocycles. The minimum atomic E-state index is 0.468. The molecule has 1 aromatic carbocycles. The lowest BCUT2D eigenvalue weighted by atomic mass is 10.2. The van der Waals surface area contributed by atoms with Gasteiger partial charge in [-0.1, -0.05) is 35.5 Å². The SMILES string of the molecule is CCOc1ccccc1-c1nnc(SCc2ccc(Cl)s2)o1. The minimum absolute atomic E-state index is 0.468. The van der Waals surface area contributed by atoms with Crippen molar-refractivity contribution in [2.45, 2.75) is 17.9 Å². The molecule has 0 amide bonds. The van der Waals surface area contributed by atoms with Gasteiger partial charge in [0.05, 0.1) is 16.5 Å². The Labute approximate surface area is 141 Å². The van der Waals surface area contributed by atoms with Crippen molar-refractivity contribution in [2.75, 3.05) is 6.61 Å². The standard InChI is InChI=1S/C15H13ClN2O2S2/c1-2-19-12-6-4-3-5-11(12)14-17-18-15(20-14)21-9-10-7-8-13(16)22-10/h3-8H,2,9H2,1H3. The second kappa shape index (κ2) is 7.17. The van der Waals surface area contributed by atoms with Crippen LogP contribution in [0.25, 0.3) is 11.5 Å². The zero-order chi connectivity index (χ0) is 15.4. The van der Waals surface area contributed by atoms with Crippen LogP contribution in [0, 0.1) is 0 Å². The fraction of sp³-hybridized carbons (Fsp3) is 0.200. The lowest BCUT2D eigenvalue weighted by Gasteiger charge is -2.05. The van der Waals surface area contributed by atoms with Crippen molar-refractivity contribution in [1.29, 1.82) is 0 Å². The van der Waals surface area contributed by atoms with E-state index in [1.807, 2.05) is 43.3 Å². The third kappa shape index (κ3) is 3.63. The molecule has 22 heavy (non-hydrogen) atoms. The summed E-state index contributed by atoms with van der Waals surface area (Å²) in [5, 5.41) is 8.72. The number of nitrogens with zero attached hydrogens (tertiary/aromatic N) is 2. The van der Waals surface area contributed by atoms with Gasteiger partial charge in [-0.05, 0) is 31.2 Å². The molecule has 114 valence electrons. The van der Waals surface area contributed by atoms with Crippen LogP contribution in [0.3, 0.4) is 0 Å². The molecule has 2 aromatic heterocycles. The van der Waals surface area contributed by atoms with Gasteiger partial charge in [0.1, 0.15) is 5.75 Å². The van der Waals surface area contributed by atoms with E-state index in [1.165, 1.54) is 16.6 Å². The van der Waals surface area contributed by atoms with Gasteiger partial charge in [-0.2, -0.15) is 0 Å². The van der Waals surface area contributed by atoms with Gasteiger partial charge in [0, 0.05) is 10.6 Å². The quantitative estimate of drug-likeness (QED) is 0.574. The maximum absolute atomic E-state index is 5.92. The molecule has 7 heteroatoms. The number of rotatable bonds is 6. The minimum Gasteiger partial charge on any atom is -0.493 e. The van der Waals surface area contributed by atoms with Crippen molar-refractivity contribution in [3.05, 3.63) is 45.6 Å². The molecule has 0 spiro atoms. The Bertz CT molecular complexity index is 757. The van der Waals surface area contributed by atoms with Crippen molar-refractivity contribution in [2.24, 2.45) is 0 Å². The van der Waals surface area contributed by atoms with Crippen LogP contribution in [-0.2, 0) is 5.75 Å². The van der Waals surface area contributed by atoms with Gasteiger partial charge in [-0.15, -0.1) is 21.5 Å². The van der Waals surface area contributed by atoms with Crippen LogP contribution in [0.15, 0.2) is 46.0 Å². The Morgan fingerprint density at radius 2 is 2.09 bits per heavy atom. The fourth-order valence-corrected chi connectivity index (χ4v) is 3.76. The summed E-state index contributed by atoms with van der Waals surface area (Å²) in [6.45, 7) is 2.53. The van der Waals surface area contributed by atoms with E-state index in [4.69, 9.17) is 20.8 Å². The number of halogens is 1. The molecule has 0 aliphatic rings. The maximum atomic E-state index is 5.92. The highest BCUT2D eigenvalue weighted by Gasteiger charge is 2.13. The van der Waals surface area contributed by atoms with Gasteiger partial charge >= 0.3 is 0 Å². The van der Waals surface area contributed by atoms with Crippen LogP contribution in [0.1, 0.15) is 11.8 Å². The topological polar surface area (TPSA) is 48.2 Å². The van der Waals surface area contributed by atoms with Crippen LogP contribution in [0.2, 0.25) is 4.34 Å². The number of benzene rings is 1. The molecule has 0 N–H and O–H groups in total. The second-order valence-corrected chi connectivity index (χ2v) is 7.02. The summed E-state index contributed by atoms with van der Waals surface area (Å²) in [6, 6.07) is 11.5. The van der Waals surface area contributed by atoms with E-state index in [9.17, 15) is 0 Å². The molecular weight excluding hydrogens is 340 g/mol. The van der Waals surface area contributed by atoms with Crippen molar-refractivity contribution in [1.82, 2.24) is 10.2 Å². The van der Waals surface area contributed by atoms with Crippen LogP contribution in [0.4, 0.5) is 0 Å². The van der Waals surface area contributed by atoms with Gasteiger partial charge < -0.3 is 9.15 Å². The summed E-state index contributed by atoms with van der Waals surface area (Å²) in [6.07, 6.45) is 0. The summed E-state index contributed by atoms with van der Waals surface area (Å²) < 4.78 is 12.1. The lowest BCUT2D eigenvalue weighted by Crippen LogP contribution is -1.93. The van der Waals surface area contributed by atoms with E-state index in [2.05, 4.69) is 10.2 Å². The second-order valence-electron chi connectivity index (χ2n) is 4.30. The third-order valence-corrected chi connectivity index (χ3v) is 5.07. The Morgan fingerprint density at radius 3 is 2.86 bits per heavy atom. The third-order valence-electron chi connectivity index (χ3n) is 2.79. The normalized spacial score (nSPS) is 10.8. The van der Waals surface area contributed by atoms with E-state index in [0.29, 0.717) is 17.7 Å². The van der Waals surface area contributed by atoms with Crippen LogP contribution in [-0.4, -0.2) is 16.8 Å². The highest BCUT2D eigenvalue weighted by atomic mass is 35.5.